The number of likely N-dealkylation sites (tertiary alicyclic amines) is 1. The Kier molecular flexibility index (Phi) is 5.86. The highest BCUT2D eigenvalue weighted by Crippen LogP contribution is 2.29. The first kappa shape index (κ1) is 20.2. The van der Waals surface area contributed by atoms with Crippen molar-refractivity contribution in [2.24, 2.45) is 0 Å². The maximum atomic E-state index is 13.3. The van der Waals surface area contributed by atoms with Crippen molar-refractivity contribution in [2.75, 3.05) is 12.3 Å². The molecule has 30 heavy (non-hydrogen) atoms. The molecule has 1 aliphatic rings. The molecule has 0 aromatic heterocycles. The highest BCUT2D eigenvalue weighted by atomic mass is 32.2. The molecule has 0 N–H and O–H groups in total. The van der Waals surface area contributed by atoms with Crippen LogP contribution < -0.4 is 4.74 Å². The Morgan fingerprint density at radius 1 is 0.900 bits per heavy atom. The normalized spacial score (nSPS) is 16.4. The zero-order chi connectivity index (χ0) is 21.0. The summed E-state index contributed by atoms with van der Waals surface area (Å²) in [5.41, 5.74) is 0.436. The van der Waals surface area contributed by atoms with Gasteiger partial charge in [0, 0.05) is 12.6 Å². The number of hydrogen-bond donors (Lipinski definition) is 0. The predicted octanol–water partition coefficient (Wildman–Crippen LogP) is 4.56. The van der Waals surface area contributed by atoms with Crippen molar-refractivity contribution < 1.29 is 17.9 Å². The number of carbonyl (C=O) groups excluding carboxylic acids is 1. The molecule has 0 aliphatic carbocycles. The molecule has 4 rings (SSSR count). The molecule has 0 saturated carbocycles. The number of nitrogens with zero attached hydrogens (tertiary/aromatic N) is 1. The topological polar surface area (TPSA) is 63.7 Å². The molecule has 1 amide bonds. The van der Waals surface area contributed by atoms with Crippen molar-refractivity contribution in [1.82, 2.24) is 4.90 Å². The van der Waals surface area contributed by atoms with Gasteiger partial charge in [0.15, 0.2) is 9.84 Å². The van der Waals surface area contributed by atoms with Gasteiger partial charge in [0.1, 0.15) is 11.5 Å². The first-order chi connectivity index (χ1) is 14.5. The van der Waals surface area contributed by atoms with E-state index < -0.39 is 9.84 Å². The van der Waals surface area contributed by atoms with Crippen LogP contribution in [0.1, 0.15) is 23.2 Å². The summed E-state index contributed by atoms with van der Waals surface area (Å²) in [7, 11) is -3.48. The van der Waals surface area contributed by atoms with Gasteiger partial charge in [-0.2, -0.15) is 0 Å². The van der Waals surface area contributed by atoms with Crippen molar-refractivity contribution in [3.05, 3.63) is 90.5 Å². The van der Waals surface area contributed by atoms with E-state index in [-0.39, 0.29) is 22.6 Å². The lowest BCUT2D eigenvalue weighted by molar-refractivity contribution is 0.0746. The Hall–Kier alpha value is -3.12. The minimum atomic E-state index is -3.48. The Labute approximate surface area is 176 Å². The third-order valence-electron chi connectivity index (χ3n) is 5.24. The van der Waals surface area contributed by atoms with Crippen LogP contribution in [-0.2, 0) is 9.84 Å². The molecular weight excluding hydrogens is 398 g/mol. The molecule has 1 heterocycles. The first-order valence-corrected chi connectivity index (χ1v) is 11.6. The number of para-hydroxylation sites is 2. The molecule has 1 saturated heterocycles. The second-order valence-electron chi connectivity index (χ2n) is 7.30. The fourth-order valence-corrected chi connectivity index (χ4v) is 5.37. The fraction of sp³-hybridized carbons (Fsp3) is 0.208. The summed E-state index contributed by atoms with van der Waals surface area (Å²) in [6.45, 7) is 0.535. The first-order valence-electron chi connectivity index (χ1n) is 9.95. The molecule has 0 spiro atoms. The van der Waals surface area contributed by atoms with Crippen LogP contribution in [-0.4, -0.2) is 37.6 Å². The number of hydrogen-bond acceptors (Lipinski definition) is 4. The van der Waals surface area contributed by atoms with E-state index in [2.05, 4.69) is 0 Å². The minimum Gasteiger partial charge on any atom is -0.457 e. The maximum absolute atomic E-state index is 13.3. The predicted molar refractivity (Wildman–Crippen MR) is 116 cm³/mol. The van der Waals surface area contributed by atoms with Gasteiger partial charge in [0.25, 0.3) is 5.91 Å². The van der Waals surface area contributed by atoms with Crippen LogP contribution in [0.2, 0.25) is 0 Å². The van der Waals surface area contributed by atoms with Gasteiger partial charge in [-0.1, -0.05) is 48.5 Å². The van der Waals surface area contributed by atoms with Crippen molar-refractivity contribution in [1.29, 1.82) is 0 Å². The van der Waals surface area contributed by atoms with Crippen molar-refractivity contribution >= 4 is 15.7 Å². The smallest absolute Gasteiger partial charge is 0.257 e. The molecular formula is C24H23NO4S. The van der Waals surface area contributed by atoms with E-state index in [1.54, 1.807) is 53.4 Å². The lowest BCUT2D eigenvalue weighted by Crippen LogP contribution is -2.39. The Bertz CT molecular complexity index is 1110. The molecule has 3 aromatic carbocycles. The van der Waals surface area contributed by atoms with Crippen LogP contribution in [0.15, 0.2) is 89.8 Å². The second kappa shape index (κ2) is 8.71. The van der Waals surface area contributed by atoms with E-state index >= 15 is 0 Å². The van der Waals surface area contributed by atoms with Gasteiger partial charge in [0.05, 0.1) is 16.2 Å². The summed E-state index contributed by atoms with van der Waals surface area (Å²) in [5.74, 6) is 0.824. The van der Waals surface area contributed by atoms with Crippen LogP contribution in [0.4, 0.5) is 0 Å². The Balaban J connectivity index is 1.56. The standard InChI is InChI=1S/C24H23NO4S/c26-24(22-15-7-8-16-23(22)29-20-11-3-1-4-12-20)25-17-9-10-19(25)18-30(27,28)21-13-5-2-6-14-21/h1-8,11-16,19H,9-10,17-18H2. The lowest BCUT2D eigenvalue weighted by Gasteiger charge is -2.25. The van der Waals surface area contributed by atoms with Crippen LogP contribution in [0.5, 0.6) is 11.5 Å². The fourth-order valence-electron chi connectivity index (χ4n) is 3.76. The number of carbonyl (C=O) groups is 1. The zero-order valence-electron chi connectivity index (χ0n) is 16.5. The van der Waals surface area contributed by atoms with Crippen LogP contribution >= 0.6 is 0 Å². The van der Waals surface area contributed by atoms with Gasteiger partial charge in [-0.25, -0.2) is 8.42 Å². The zero-order valence-corrected chi connectivity index (χ0v) is 17.3. The van der Waals surface area contributed by atoms with Gasteiger partial charge in [0.2, 0.25) is 0 Å². The monoisotopic (exact) mass is 421 g/mol. The third-order valence-corrected chi connectivity index (χ3v) is 7.05. The Morgan fingerprint density at radius 2 is 1.53 bits per heavy atom. The summed E-state index contributed by atoms with van der Waals surface area (Å²) in [6.07, 6.45) is 1.45. The quantitative estimate of drug-likeness (QED) is 0.585. The number of sulfone groups is 1. The van der Waals surface area contributed by atoms with E-state index in [1.807, 2.05) is 36.4 Å². The molecule has 6 heteroatoms. The second-order valence-corrected chi connectivity index (χ2v) is 9.33. The molecule has 5 nitrogen and oxygen atoms in total. The van der Waals surface area contributed by atoms with E-state index in [0.717, 1.165) is 6.42 Å². The molecule has 1 fully saturated rings. The van der Waals surface area contributed by atoms with E-state index in [1.165, 1.54) is 0 Å². The average molecular weight is 422 g/mol. The summed E-state index contributed by atoms with van der Waals surface area (Å²) in [5, 5.41) is 0. The minimum absolute atomic E-state index is 0.0789. The van der Waals surface area contributed by atoms with Crippen LogP contribution in [0, 0.1) is 0 Å². The van der Waals surface area contributed by atoms with Gasteiger partial charge < -0.3 is 9.64 Å². The largest absolute Gasteiger partial charge is 0.457 e. The molecule has 1 unspecified atom stereocenters. The molecule has 1 atom stereocenters. The van der Waals surface area contributed by atoms with Gasteiger partial charge in [-0.05, 0) is 49.2 Å². The maximum Gasteiger partial charge on any atom is 0.257 e. The number of ether oxygens (including phenoxy) is 1. The summed E-state index contributed by atoms with van der Waals surface area (Å²) in [4.78, 5) is 15.3. The molecule has 154 valence electrons. The van der Waals surface area contributed by atoms with Crippen molar-refractivity contribution in [3.63, 3.8) is 0 Å². The summed E-state index contributed by atoms with van der Waals surface area (Å²) >= 11 is 0. The molecule has 0 bridgehead atoms. The van der Waals surface area contributed by atoms with Crippen molar-refractivity contribution in [3.8, 4) is 11.5 Å². The van der Waals surface area contributed by atoms with Gasteiger partial charge >= 0.3 is 0 Å². The third kappa shape index (κ3) is 4.39. The van der Waals surface area contributed by atoms with Crippen LogP contribution in [0.3, 0.4) is 0 Å². The van der Waals surface area contributed by atoms with Gasteiger partial charge in [-0.15, -0.1) is 0 Å². The molecule has 0 radical (unpaired) electrons. The molecule has 3 aromatic rings. The summed E-state index contributed by atoms with van der Waals surface area (Å²) in [6, 6.07) is 24.4. The number of benzene rings is 3. The number of amides is 1. The SMILES string of the molecule is O=C(c1ccccc1Oc1ccccc1)N1CCCC1CS(=O)(=O)c1ccccc1. The van der Waals surface area contributed by atoms with Crippen molar-refractivity contribution in [2.45, 2.75) is 23.8 Å². The van der Waals surface area contributed by atoms with Gasteiger partial charge in [-0.3, -0.25) is 4.79 Å². The highest BCUT2D eigenvalue weighted by molar-refractivity contribution is 7.91. The highest BCUT2D eigenvalue weighted by Gasteiger charge is 2.34. The lowest BCUT2D eigenvalue weighted by atomic mass is 10.1. The summed E-state index contributed by atoms with van der Waals surface area (Å²) < 4.78 is 31.6. The van der Waals surface area contributed by atoms with E-state index in [4.69, 9.17) is 4.74 Å². The Morgan fingerprint density at radius 3 is 2.27 bits per heavy atom. The average Bonchev–Trinajstić information content (AvgIpc) is 3.22. The van der Waals surface area contributed by atoms with Crippen LogP contribution in [0.25, 0.3) is 0 Å². The van der Waals surface area contributed by atoms with E-state index in [0.29, 0.717) is 30.0 Å². The van der Waals surface area contributed by atoms with E-state index in [9.17, 15) is 13.2 Å². The number of rotatable bonds is 6. The molecule has 1 aliphatic heterocycles.